The molecule has 0 unspecified atom stereocenters. The maximum atomic E-state index is 11.1. The molecule has 0 atom stereocenters. The number of anilines is 1. The van der Waals surface area contributed by atoms with Crippen molar-refractivity contribution in [2.24, 2.45) is 0 Å². The molecule has 0 aliphatic rings. The van der Waals surface area contributed by atoms with Crippen molar-refractivity contribution >= 4 is 5.69 Å². The molecule has 6 heteroatoms. The molecule has 2 rings (SSSR count). The summed E-state index contributed by atoms with van der Waals surface area (Å²) in [5, 5.41) is 0. The monoisotopic (exact) mass is 192 g/mol. The number of H-pyrrole nitrogens is 1. The van der Waals surface area contributed by atoms with Crippen LogP contribution in [0.4, 0.5) is 5.69 Å². The standard InChI is InChI=1S/C8H8N4O2/c1-4-11-6(3-14-4)7-10-2-5(9)8(13)12-7/h2-3H,9H2,1H3,(H,10,12,13). The summed E-state index contributed by atoms with van der Waals surface area (Å²) in [5.41, 5.74) is 5.51. The Kier molecular flexibility index (Phi) is 1.81. The highest BCUT2D eigenvalue weighted by Gasteiger charge is 2.06. The Labute approximate surface area is 78.8 Å². The van der Waals surface area contributed by atoms with Crippen LogP contribution < -0.4 is 11.3 Å². The fraction of sp³-hybridized carbons (Fsp3) is 0.125. The summed E-state index contributed by atoms with van der Waals surface area (Å²) in [4.78, 5) is 21.6. The number of nitrogens with zero attached hydrogens (tertiary/aromatic N) is 2. The van der Waals surface area contributed by atoms with Crippen molar-refractivity contribution in [1.82, 2.24) is 15.0 Å². The van der Waals surface area contributed by atoms with Crippen LogP contribution in [-0.4, -0.2) is 15.0 Å². The number of aromatic amines is 1. The Balaban J connectivity index is 2.53. The summed E-state index contributed by atoms with van der Waals surface area (Å²) in [7, 11) is 0. The molecule has 0 aliphatic heterocycles. The van der Waals surface area contributed by atoms with E-state index in [0.717, 1.165) is 0 Å². The normalized spacial score (nSPS) is 10.4. The number of hydrogen-bond acceptors (Lipinski definition) is 5. The molecule has 0 saturated carbocycles. The molecule has 0 spiro atoms. The second kappa shape index (κ2) is 2.99. The van der Waals surface area contributed by atoms with Crippen molar-refractivity contribution in [3.63, 3.8) is 0 Å². The first-order valence-corrected chi connectivity index (χ1v) is 3.94. The molecule has 0 fully saturated rings. The van der Waals surface area contributed by atoms with Crippen molar-refractivity contribution in [1.29, 1.82) is 0 Å². The van der Waals surface area contributed by atoms with Crippen molar-refractivity contribution in [2.45, 2.75) is 6.92 Å². The molecular weight excluding hydrogens is 184 g/mol. The van der Waals surface area contributed by atoms with E-state index in [4.69, 9.17) is 10.2 Å². The largest absolute Gasteiger partial charge is 0.449 e. The summed E-state index contributed by atoms with van der Waals surface area (Å²) in [6.45, 7) is 1.71. The van der Waals surface area contributed by atoms with Gasteiger partial charge in [-0.3, -0.25) is 4.79 Å². The molecule has 2 heterocycles. The van der Waals surface area contributed by atoms with Crippen LogP contribution in [0, 0.1) is 6.92 Å². The van der Waals surface area contributed by atoms with Crippen LogP contribution >= 0.6 is 0 Å². The van der Waals surface area contributed by atoms with E-state index < -0.39 is 0 Å². The predicted octanol–water partition coefficient (Wildman–Crippen LogP) is 0.316. The molecule has 3 N–H and O–H groups in total. The molecule has 0 amide bonds. The molecule has 2 aromatic heterocycles. The Morgan fingerprint density at radius 3 is 2.93 bits per heavy atom. The lowest BCUT2D eigenvalue weighted by Gasteiger charge is -1.94. The summed E-state index contributed by atoms with van der Waals surface area (Å²) >= 11 is 0. The van der Waals surface area contributed by atoms with Gasteiger partial charge in [0.1, 0.15) is 17.6 Å². The molecule has 0 saturated heterocycles. The highest BCUT2D eigenvalue weighted by atomic mass is 16.3. The maximum Gasteiger partial charge on any atom is 0.274 e. The van der Waals surface area contributed by atoms with Gasteiger partial charge in [-0.25, -0.2) is 9.97 Å². The third-order valence-corrected chi connectivity index (χ3v) is 1.69. The van der Waals surface area contributed by atoms with Gasteiger partial charge in [0.05, 0.1) is 6.20 Å². The lowest BCUT2D eigenvalue weighted by atomic mass is 10.4. The Hall–Kier alpha value is -2.11. The smallest absolute Gasteiger partial charge is 0.274 e. The van der Waals surface area contributed by atoms with Gasteiger partial charge < -0.3 is 15.1 Å². The molecule has 2 aromatic rings. The molecule has 0 bridgehead atoms. The van der Waals surface area contributed by atoms with E-state index in [-0.39, 0.29) is 11.2 Å². The van der Waals surface area contributed by atoms with Crippen LogP contribution in [0.15, 0.2) is 21.7 Å². The van der Waals surface area contributed by atoms with E-state index >= 15 is 0 Å². The minimum Gasteiger partial charge on any atom is -0.449 e. The molecule has 6 nitrogen and oxygen atoms in total. The molecule has 0 radical (unpaired) electrons. The van der Waals surface area contributed by atoms with Crippen molar-refractivity contribution < 1.29 is 4.42 Å². The molecule has 0 aromatic carbocycles. The quantitative estimate of drug-likeness (QED) is 0.677. The summed E-state index contributed by atoms with van der Waals surface area (Å²) in [6, 6.07) is 0. The SMILES string of the molecule is Cc1nc(-c2ncc(N)c(=O)[nH]2)co1. The minimum atomic E-state index is -0.379. The van der Waals surface area contributed by atoms with Crippen LogP contribution in [0.3, 0.4) is 0 Å². The Morgan fingerprint density at radius 1 is 1.57 bits per heavy atom. The van der Waals surface area contributed by atoms with Crippen LogP contribution in [0.1, 0.15) is 5.89 Å². The van der Waals surface area contributed by atoms with Crippen LogP contribution in [0.5, 0.6) is 0 Å². The van der Waals surface area contributed by atoms with Gasteiger partial charge >= 0.3 is 0 Å². The van der Waals surface area contributed by atoms with Gasteiger partial charge in [-0.05, 0) is 0 Å². The van der Waals surface area contributed by atoms with E-state index in [2.05, 4.69) is 15.0 Å². The van der Waals surface area contributed by atoms with E-state index in [1.807, 2.05) is 0 Å². The van der Waals surface area contributed by atoms with Gasteiger partial charge in [0.15, 0.2) is 11.7 Å². The second-order valence-electron chi connectivity index (χ2n) is 2.77. The highest BCUT2D eigenvalue weighted by Crippen LogP contribution is 2.11. The van der Waals surface area contributed by atoms with Crippen LogP contribution in [0.25, 0.3) is 11.5 Å². The Bertz CT molecular complexity index is 514. The first kappa shape index (κ1) is 8.49. The summed E-state index contributed by atoms with van der Waals surface area (Å²) in [5.74, 6) is 0.862. The fourth-order valence-electron chi connectivity index (χ4n) is 1.01. The lowest BCUT2D eigenvalue weighted by molar-refractivity contribution is 0.521. The van der Waals surface area contributed by atoms with E-state index in [1.165, 1.54) is 12.5 Å². The van der Waals surface area contributed by atoms with E-state index in [9.17, 15) is 4.79 Å². The van der Waals surface area contributed by atoms with Gasteiger partial charge in [-0.15, -0.1) is 0 Å². The van der Waals surface area contributed by atoms with Crippen molar-refractivity contribution in [3.8, 4) is 11.5 Å². The average Bonchev–Trinajstić information content (AvgIpc) is 2.57. The van der Waals surface area contributed by atoms with Gasteiger partial charge in [0.2, 0.25) is 0 Å². The number of hydrogen-bond donors (Lipinski definition) is 2. The topological polar surface area (TPSA) is 97.8 Å². The third kappa shape index (κ3) is 1.37. The van der Waals surface area contributed by atoms with Gasteiger partial charge in [0, 0.05) is 6.92 Å². The maximum absolute atomic E-state index is 11.1. The zero-order valence-corrected chi connectivity index (χ0v) is 7.44. The first-order chi connectivity index (χ1) is 6.66. The van der Waals surface area contributed by atoms with Gasteiger partial charge in [-0.1, -0.05) is 0 Å². The second-order valence-corrected chi connectivity index (χ2v) is 2.77. The van der Waals surface area contributed by atoms with Crippen molar-refractivity contribution in [2.75, 3.05) is 5.73 Å². The zero-order valence-electron chi connectivity index (χ0n) is 7.44. The summed E-state index contributed by atoms with van der Waals surface area (Å²) < 4.78 is 4.98. The van der Waals surface area contributed by atoms with Gasteiger partial charge in [-0.2, -0.15) is 0 Å². The fourth-order valence-corrected chi connectivity index (χ4v) is 1.01. The number of nitrogens with one attached hydrogen (secondary N) is 1. The zero-order chi connectivity index (χ0) is 10.1. The molecule has 72 valence electrons. The minimum absolute atomic E-state index is 0.0777. The predicted molar refractivity (Wildman–Crippen MR) is 49.5 cm³/mol. The number of oxazole rings is 1. The molecule has 0 aliphatic carbocycles. The van der Waals surface area contributed by atoms with E-state index in [1.54, 1.807) is 6.92 Å². The number of aromatic nitrogens is 3. The number of nitrogens with two attached hydrogens (primary N) is 1. The van der Waals surface area contributed by atoms with E-state index in [0.29, 0.717) is 17.4 Å². The number of nitrogen functional groups attached to an aromatic ring is 1. The van der Waals surface area contributed by atoms with Crippen molar-refractivity contribution in [3.05, 3.63) is 28.7 Å². The number of rotatable bonds is 1. The van der Waals surface area contributed by atoms with Gasteiger partial charge in [0.25, 0.3) is 5.56 Å². The van der Waals surface area contributed by atoms with Crippen LogP contribution in [-0.2, 0) is 0 Å². The molecule has 14 heavy (non-hydrogen) atoms. The average molecular weight is 192 g/mol. The summed E-state index contributed by atoms with van der Waals surface area (Å²) in [6.07, 6.45) is 2.71. The first-order valence-electron chi connectivity index (χ1n) is 3.94. The Morgan fingerprint density at radius 2 is 2.36 bits per heavy atom. The van der Waals surface area contributed by atoms with Crippen LogP contribution in [0.2, 0.25) is 0 Å². The third-order valence-electron chi connectivity index (χ3n) is 1.69. The lowest BCUT2D eigenvalue weighted by Crippen LogP contribution is -2.13. The number of aryl methyl sites for hydroxylation is 1. The highest BCUT2D eigenvalue weighted by molar-refractivity contribution is 5.48. The molecular formula is C8H8N4O2.